The Kier molecular flexibility index (Phi) is 36.9. The quantitative estimate of drug-likeness (QED) is 0.0552. The van der Waals surface area contributed by atoms with E-state index >= 15 is 0 Å². The Balaban J connectivity index is 3.38. The van der Waals surface area contributed by atoms with Gasteiger partial charge in [0.2, 0.25) is 0 Å². The molecule has 0 spiro atoms. The number of ether oxygens (including phenoxy) is 2. The number of allylic oxidation sites excluding steroid dienone is 8. The van der Waals surface area contributed by atoms with Crippen molar-refractivity contribution in [3.05, 3.63) is 55.5 Å². The first-order valence-electron chi connectivity index (χ1n) is 18.4. The highest BCUT2D eigenvalue weighted by atomic mass is 16.5. The lowest BCUT2D eigenvalue weighted by molar-refractivity contribution is -0.0171. The van der Waals surface area contributed by atoms with E-state index in [1.807, 2.05) is 0 Å². The zero-order valence-corrected chi connectivity index (χ0v) is 28.5. The molecule has 0 aliphatic heterocycles. The maximum atomic E-state index is 6.03. The van der Waals surface area contributed by atoms with Crippen LogP contribution in [0.3, 0.4) is 0 Å². The molecule has 0 aromatic heterocycles. The van der Waals surface area contributed by atoms with Crippen LogP contribution in [0.15, 0.2) is 48.6 Å². The summed E-state index contributed by atoms with van der Waals surface area (Å²) in [6.45, 7) is 11.0. The molecule has 0 aromatic rings. The fourth-order valence-electron chi connectivity index (χ4n) is 4.96. The second-order valence-electron chi connectivity index (χ2n) is 12.0. The van der Waals surface area contributed by atoms with Crippen molar-refractivity contribution in [3.63, 3.8) is 0 Å². The van der Waals surface area contributed by atoms with Crippen molar-refractivity contribution >= 4 is 0 Å². The molecule has 0 aliphatic carbocycles. The maximum Gasteiger partial charge on any atom is 0.0808 e. The molecule has 42 heavy (non-hydrogen) atoms. The molecule has 1 radical (unpaired) electrons. The van der Waals surface area contributed by atoms with Crippen molar-refractivity contribution in [2.24, 2.45) is 0 Å². The average molecular weight is 586 g/mol. The molecule has 0 heterocycles. The van der Waals surface area contributed by atoms with E-state index in [2.05, 4.69) is 69.4 Å². The van der Waals surface area contributed by atoms with Gasteiger partial charge in [-0.1, -0.05) is 146 Å². The highest BCUT2D eigenvalue weighted by molar-refractivity contribution is 4.93. The first-order chi connectivity index (χ1) is 20.8. The lowest BCUT2D eigenvalue weighted by atomic mass is 10.1. The van der Waals surface area contributed by atoms with Crippen LogP contribution in [0.4, 0.5) is 0 Å². The average Bonchev–Trinajstić information content (AvgIpc) is 3.00. The van der Waals surface area contributed by atoms with Crippen molar-refractivity contribution in [1.29, 1.82) is 0 Å². The molecule has 0 amide bonds. The molecular weight excluding hydrogens is 512 g/mol. The fourth-order valence-corrected chi connectivity index (χ4v) is 4.96. The Morgan fingerprint density at radius 3 is 1.26 bits per heavy atom. The van der Waals surface area contributed by atoms with E-state index < -0.39 is 0 Å². The van der Waals surface area contributed by atoms with Crippen molar-refractivity contribution in [1.82, 2.24) is 0 Å². The van der Waals surface area contributed by atoms with Crippen molar-refractivity contribution in [2.75, 3.05) is 19.8 Å². The molecular formula is C40H73O2. The van der Waals surface area contributed by atoms with Crippen LogP contribution in [0.2, 0.25) is 0 Å². The Labute approximate surface area is 264 Å². The SMILES string of the molecule is [CH2]C[C@H](COCCCCCCCC/C=C\C/C=C\CCCCC)OCCCCCCCC/C=C\C/C=C\CCCCC. The molecule has 0 N–H and O–H groups in total. The lowest BCUT2D eigenvalue weighted by Gasteiger charge is -2.16. The first-order valence-corrected chi connectivity index (χ1v) is 18.4. The summed E-state index contributed by atoms with van der Waals surface area (Å²) in [5.74, 6) is 0. The van der Waals surface area contributed by atoms with Crippen LogP contribution in [0.25, 0.3) is 0 Å². The fraction of sp³-hybridized carbons (Fsp3) is 0.775. The summed E-state index contributed by atoms with van der Waals surface area (Å²) in [6, 6.07) is 0. The van der Waals surface area contributed by atoms with E-state index in [4.69, 9.17) is 9.47 Å². The largest absolute Gasteiger partial charge is 0.379 e. The Morgan fingerprint density at radius 1 is 0.452 bits per heavy atom. The van der Waals surface area contributed by atoms with Gasteiger partial charge < -0.3 is 9.47 Å². The Bertz CT molecular complexity index is 603. The smallest absolute Gasteiger partial charge is 0.0808 e. The summed E-state index contributed by atoms with van der Waals surface area (Å²) >= 11 is 0. The highest BCUT2D eigenvalue weighted by Gasteiger charge is 2.06. The highest BCUT2D eigenvalue weighted by Crippen LogP contribution is 2.11. The van der Waals surface area contributed by atoms with Crippen LogP contribution < -0.4 is 0 Å². The molecule has 245 valence electrons. The second-order valence-corrected chi connectivity index (χ2v) is 12.0. The number of unbranched alkanes of at least 4 members (excludes halogenated alkanes) is 18. The van der Waals surface area contributed by atoms with E-state index in [0.29, 0.717) is 6.61 Å². The predicted octanol–water partition coefficient (Wildman–Crippen LogP) is 13.2. The molecule has 0 saturated heterocycles. The summed E-state index contributed by atoms with van der Waals surface area (Å²) in [4.78, 5) is 0. The maximum absolute atomic E-state index is 6.03. The topological polar surface area (TPSA) is 18.5 Å². The minimum Gasteiger partial charge on any atom is -0.379 e. The molecule has 0 saturated carbocycles. The molecule has 0 unspecified atom stereocenters. The zero-order chi connectivity index (χ0) is 30.4. The third-order valence-corrected chi connectivity index (χ3v) is 7.81. The van der Waals surface area contributed by atoms with Gasteiger partial charge in [0.05, 0.1) is 12.7 Å². The lowest BCUT2D eigenvalue weighted by Crippen LogP contribution is -2.20. The minimum absolute atomic E-state index is 0.160. The number of hydrogen-bond acceptors (Lipinski definition) is 2. The normalized spacial score (nSPS) is 13.1. The van der Waals surface area contributed by atoms with Crippen LogP contribution in [0.5, 0.6) is 0 Å². The standard InChI is InChI=1S/C40H73O2/c1-4-7-9-11-13-15-17-19-21-23-25-27-29-31-33-35-37-41-39-40(6-3)42-38-36-34-32-30-28-26-24-22-20-18-16-14-12-10-8-5-2/h13-16,19-22,40H,3-12,17-18,23-39H2,1-2H3/b15-13-,16-14-,21-19-,22-20-/t40-/m1/s1. The third-order valence-electron chi connectivity index (χ3n) is 7.81. The van der Waals surface area contributed by atoms with Crippen LogP contribution >= 0.6 is 0 Å². The van der Waals surface area contributed by atoms with Gasteiger partial charge in [-0.05, 0) is 83.5 Å². The zero-order valence-electron chi connectivity index (χ0n) is 28.5. The van der Waals surface area contributed by atoms with Crippen LogP contribution in [-0.4, -0.2) is 25.9 Å². The van der Waals surface area contributed by atoms with E-state index in [9.17, 15) is 0 Å². The summed E-state index contributed by atoms with van der Waals surface area (Å²) < 4.78 is 11.9. The summed E-state index contributed by atoms with van der Waals surface area (Å²) in [5, 5.41) is 0. The van der Waals surface area contributed by atoms with Gasteiger partial charge in [-0.25, -0.2) is 0 Å². The van der Waals surface area contributed by atoms with E-state index in [0.717, 1.165) is 38.9 Å². The Morgan fingerprint density at radius 2 is 0.833 bits per heavy atom. The molecule has 0 rings (SSSR count). The Hall–Kier alpha value is -1.12. The van der Waals surface area contributed by atoms with Crippen LogP contribution in [0, 0.1) is 6.92 Å². The van der Waals surface area contributed by atoms with Gasteiger partial charge in [0.25, 0.3) is 0 Å². The molecule has 0 fully saturated rings. The van der Waals surface area contributed by atoms with Gasteiger partial charge in [-0.3, -0.25) is 0 Å². The second kappa shape index (κ2) is 37.9. The van der Waals surface area contributed by atoms with Crippen molar-refractivity contribution < 1.29 is 9.47 Å². The molecule has 2 nitrogen and oxygen atoms in total. The minimum atomic E-state index is 0.160. The van der Waals surface area contributed by atoms with Gasteiger partial charge in [0.15, 0.2) is 0 Å². The van der Waals surface area contributed by atoms with Gasteiger partial charge in [0, 0.05) is 13.2 Å². The molecule has 0 aliphatic rings. The molecule has 0 bridgehead atoms. The van der Waals surface area contributed by atoms with E-state index in [1.54, 1.807) is 0 Å². The van der Waals surface area contributed by atoms with Gasteiger partial charge in [-0.2, -0.15) is 0 Å². The van der Waals surface area contributed by atoms with Crippen molar-refractivity contribution in [3.8, 4) is 0 Å². The third kappa shape index (κ3) is 35.1. The molecule has 1 atom stereocenters. The summed E-state index contributed by atoms with van der Waals surface area (Å²) in [7, 11) is 0. The predicted molar refractivity (Wildman–Crippen MR) is 189 cm³/mol. The molecule has 2 heteroatoms. The van der Waals surface area contributed by atoms with Gasteiger partial charge >= 0.3 is 0 Å². The van der Waals surface area contributed by atoms with Crippen LogP contribution in [-0.2, 0) is 9.47 Å². The monoisotopic (exact) mass is 586 g/mol. The van der Waals surface area contributed by atoms with Crippen molar-refractivity contribution in [2.45, 2.75) is 180 Å². The summed E-state index contributed by atoms with van der Waals surface area (Å²) in [6.07, 6.45) is 50.4. The molecule has 0 aromatic carbocycles. The first kappa shape index (κ1) is 40.9. The van der Waals surface area contributed by atoms with E-state index in [-0.39, 0.29) is 6.10 Å². The summed E-state index contributed by atoms with van der Waals surface area (Å²) in [5.41, 5.74) is 0. The number of hydrogen-bond donors (Lipinski definition) is 0. The number of rotatable bonds is 34. The van der Waals surface area contributed by atoms with Crippen LogP contribution in [0.1, 0.15) is 174 Å². The van der Waals surface area contributed by atoms with Gasteiger partial charge in [-0.15, -0.1) is 0 Å². The van der Waals surface area contributed by atoms with Gasteiger partial charge in [0.1, 0.15) is 0 Å². The van der Waals surface area contributed by atoms with E-state index in [1.165, 1.54) is 135 Å².